The molecule has 1 aliphatic rings. The lowest BCUT2D eigenvalue weighted by atomic mass is 9.92. The maximum atomic E-state index is 11.9. The van der Waals surface area contributed by atoms with Crippen LogP contribution >= 0.6 is 0 Å². The molecule has 0 saturated heterocycles. The van der Waals surface area contributed by atoms with Gasteiger partial charge in [0.2, 0.25) is 5.91 Å². The molecule has 0 radical (unpaired) electrons. The fourth-order valence-corrected chi connectivity index (χ4v) is 1.71. The van der Waals surface area contributed by atoms with Crippen LogP contribution in [0.4, 0.5) is 0 Å². The predicted octanol–water partition coefficient (Wildman–Crippen LogP) is 1.54. The first-order chi connectivity index (χ1) is 6.90. The summed E-state index contributed by atoms with van der Waals surface area (Å²) in [5.74, 6) is 0.237. The van der Waals surface area contributed by atoms with E-state index in [9.17, 15) is 4.79 Å². The molecule has 2 N–H and O–H groups in total. The van der Waals surface area contributed by atoms with Crippen molar-refractivity contribution in [1.29, 1.82) is 0 Å². The Hall–Kier alpha value is -0.570. The van der Waals surface area contributed by atoms with Gasteiger partial charge in [-0.2, -0.15) is 0 Å². The molecule has 1 saturated carbocycles. The maximum absolute atomic E-state index is 11.9. The van der Waals surface area contributed by atoms with E-state index in [-0.39, 0.29) is 11.3 Å². The lowest BCUT2D eigenvalue weighted by Crippen LogP contribution is -2.38. The van der Waals surface area contributed by atoms with Gasteiger partial charge in [0.05, 0.1) is 5.41 Å². The summed E-state index contributed by atoms with van der Waals surface area (Å²) in [5.41, 5.74) is 0.222. The lowest BCUT2D eigenvalue weighted by Gasteiger charge is -2.20. The third kappa shape index (κ3) is 3.82. The molecule has 3 heteroatoms. The van der Waals surface area contributed by atoms with Crippen molar-refractivity contribution in [2.75, 3.05) is 20.1 Å². The van der Waals surface area contributed by atoms with Gasteiger partial charge in [-0.05, 0) is 31.7 Å². The minimum Gasteiger partial charge on any atom is -0.356 e. The summed E-state index contributed by atoms with van der Waals surface area (Å²) in [7, 11) is 1.91. The van der Waals surface area contributed by atoms with Crippen LogP contribution in [0.3, 0.4) is 0 Å². The Bertz CT molecular complexity index is 226. The van der Waals surface area contributed by atoms with Gasteiger partial charge < -0.3 is 10.6 Å². The first-order valence-corrected chi connectivity index (χ1v) is 5.83. The third-order valence-electron chi connectivity index (χ3n) is 3.01. The highest BCUT2D eigenvalue weighted by molar-refractivity contribution is 5.85. The van der Waals surface area contributed by atoms with E-state index < -0.39 is 0 Å². The molecule has 0 spiro atoms. The summed E-state index contributed by atoms with van der Waals surface area (Å²) in [6.45, 7) is 8.20. The van der Waals surface area contributed by atoms with Crippen molar-refractivity contribution in [3.63, 3.8) is 0 Å². The number of carbonyl (C=O) groups is 1. The highest BCUT2D eigenvalue weighted by Crippen LogP contribution is 2.45. The first kappa shape index (κ1) is 12.5. The molecule has 88 valence electrons. The zero-order chi connectivity index (χ0) is 11.5. The van der Waals surface area contributed by atoms with Crippen molar-refractivity contribution < 1.29 is 4.79 Å². The van der Waals surface area contributed by atoms with Crippen LogP contribution in [0.25, 0.3) is 0 Å². The molecule has 0 atom stereocenters. The standard InChI is InChI=1S/C12H24N2O/c1-11(2,3)7-8-14-10(15)12(5-6-12)9-13-4/h13H,5-9H2,1-4H3,(H,14,15). The Morgan fingerprint density at radius 1 is 1.33 bits per heavy atom. The van der Waals surface area contributed by atoms with Gasteiger partial charge in [-0.1, -0.05) is 20.8 Å². The van der Waals surface area contributed by atoms with Crippen molar-refractivity contribution in [2.24, 2.45) is 10.8 Å². The smallest absolute Gasteiger partial charge is 0.227 e. The summed E-state index contributed by atoms with van der Waals surface area (Å²) in [5, 5.41) is 6.15. The summed E-state index contributed by atoms with van der Waals surface area (Å²) in [6, 6.07) is 0. The molecule has 0 aromatic heterocycles. The maximum Gasteiger partial charge on any atom is 0.227 e. The minimum absolute atomic E-state index is 0.0768. The topological polar surface area (TPSA) is 41.1 Å². The molecule has 0 aliphatic heterocycles. The van der Waals surface area contributed by atoms with Crippen LogP contribution in [0.1, 0.15) is 40.0 Å². The Morgan fingerprint density at radius 2 is 1.93 bits per heavy atom. The molecule has 1 rings (SSSR count). The molecule has 0 heterocycles. The lowest BCUT2D eigenvalue weighted by molar-refractivity contribution is -0.126. The van der Waals surface area contributed by atoms with Gasteiger partial charge in [-0.25, -0.2) is 0 Å². The molecule has 0 aromatic rings. The van der Waals surface area contributed by atoms with Gasteiger partial charge in [-0.15, -0.1) is 0 Å². The second-order valence-corrected chi connectivity index (χ2v) is 5.88. The summed E-state index contributed by atoms with van der Waals surface area (Å²) < 4.78 is 0. The number of nitrogens with one attached hydrogen (secondary N) is 2. The van der Waals surface area contributed by atoms with Gasteiger partial charge in [0.15, 0.2) is 0 Å². The third-order valence-corrected chi connectivity index (χ3v) is 3.01. The zero-order valence-corrected chi connectivity index (χ0v) is 10.4. The Balaban J connectivity index is 2.25. The van der Waals surface area contributed by atoms with E-state index in [4.69, 9.17) is 0 Å². The zero-order valence-electron chi connectivity index (χ0n) is 10.4. The summed E-state index contributed by atoms with van der Waals surface area (Å²) >= 11 is 0. The molecule has 0 unspecified atom stereocenters. The van der Waals surface area contributed by atoms with E-state index in [1.165, 1.54) is 0 Å². The number of rotatable bonds is 5. The molecule has 15 heavy (non-hydrogen) atoms. The van der Waals surface area contributed by atoms with E-state index in [0.717, 1.165) is 32.4 Å². The Labute approximate surface area is 93.0 Å². The molecule has 0 aromatic carbocycles. The fraction of sp³-hybridized carbons (Fsp3) is 0.917. The van der Waals surface area contributed by atoms with E-state index in [1.807, 2.05) is 7.05 Å². The van der Waals surface area contributed by atoms with Crippen LogP contribution in [0, 0.1) is 10.8 Å². The van der Waals surface area contributed by atoms with Crippen molar-refractivity contribution in [1.82, 2.24) is 10.6 Å². The first-order valence-electron chi connectivity index (χ1n) is 5.83. The highest BCUT2D eigenvalue weighted by Gasteiger charge is 2.48. The van der Waals surface area contributed by atoms with Crippen LogP contribution in [0.15, 0.2) is 0 Å². The van der Waals surface area contributed by atoms with Crippen molar-refractivity contribution in [3.8, 4) is 0 Å². The molecule has 1 fully saturated rings. The van der Waals surface area contributed by atoms with Crippen LogP contribution in [0.2, 0.25) is 0 Å². The monoisotopic (exact) mass is 212 g/mol. The number of amides is 1. The van der Waals surface area contributed by atoms with Crippen molar-refractivity contribution in [2.45, 2.75) is 40.0 Å². The quantitative estimate of drug-likeness (QED) is 0.726. The van der Waals surface area contributed by atoms with Gasteiger partial charge in [0.1, 0.15) is 0 Å². The fourth-order valence-electron chi connectivity index (χ4n) is 1.71. The van der Waals surface area contributed by atoms with Gasteiger partial charge in [0, 0.05) is 13.1 Å². The SMILES string of the molecule is CNCC1(C(=O)NCCC(C)(C)C)CC1. The van der Waals surface area contributed by atoms with E-state index >= 15 is 0 Å². The number of hydrogen-bond donors (Lipinski definition) is 2. The molecule has 0 bridgehead atoms. The Kier molecular flexibility index (Phi) is 3.77. The van der Waals surface area contributed by atoms with Crippen LogP contribution in [0.5, 0.6) is 0 Å². The number of hydrogen-bond acceptors (Lipinski definition) is 2. The van der Waals surface area contributed by atoms with Crippen molar-refractivity contribution in [3.05, 3.63) is 0 Å². The van der Waals surface area contributed by atoms with Crippen LogP contribution < -0.4 is 10.6 Å². The molecule has 3 nitrogen and oxygen atoms in total. The van der Waals surface area contributed by atoms with Crippen molar-refractivity contribution >= 4 is 5.91 Å². The molecule has 1 aliphatic carbocycles. The normalized spacial score (nSPS) is 18.7. The minimum atomic E-state index is -0.0768. The number of carbonyl (C=O) groups excluding carboxylic acids is 1. The molecule has 1 amide bonds. The summed E-state index contributed by atoms with van der Waals surface area (Å²) in [4.78, 5) is 11.9. The largest absolute Gasteiger partial charge is 0.356 e. The van der Waals surface area contributed by atoms with Crippen LogP contribution in [-0.4, -0.2) is 26.0 Å². The molecular weight excluding hydrogens is 188 g/mol. The summed E-state index contributed by atoms with van der Waals surface area (Å²) in [6.07, 6.45) is 3.11. The second-order valence-electron chi connectivity index (χ2n) is 5.88. The predicted molar refractivity (Wildman–Crippen MR) is 62.7 cm³/mol. The van der Waals surface area contributed by atoms with E-state index in [2.05, 4.69) is 31.4 Å². The molecular formula is C12H24N2O. The van der Waals surface area contributed by atoms with E-state index in [0.29, 0.717) is 5.41 Å². The Morgan fingerprint density at radius 3 is 2.33 bits per heavy atom. The average molecular weight is 212 g/mol. The second kappa shape index (κ2) is 4.52. The van der Waals surface area contributed by atoms with Gasteiger partial charge >= 0.3 is 0 Å². The van der Waals surface area contributed by atoms with Gasteiger partial charge in [-0.3, -0.25) is 4.79 Å². The highest BCUT2D eigenvalue weighted by atomic mass is 16.2. The van der Waals surface area contributed by atoms with Gasteiger partial charge in [0.25, 0.3) is 0 Å². The van der Waals surface area contributed by atoms with Crippen LogP contribution in [-0.2, 0) is 4.79 Å². The average Bonchev–Trinajstić information content (AvgIpc) is 2.84. The van der Waals surface area contributed by atoms with E-state index in [1.54, 1.807) is 0 Å².